The highest BCUT2D eigenvalue weighted by Gasteiger charge is 2.27. The molecule has 1 amide bonds. The molecule has 0 atom stereocenters. The minimum atomic E-state index is 0. The standard InChI is InChI=1S/C17H24N2O3.ClH/c1-2-18-12-13-6-8-19(9-7-13)17(20)14-4-3-5-15-16(14)22-11-10-21-15;/h3-5,13,18H,2,6-12H2,1H3;1H. The average molecular weight is 341 g/mol. The molecule has 0 saturated carbocycles. The Labute approximate surface area is 143 Å². The maximum Gasteiger partial charge on any atom is 0.257 e. The molecule has 1 aromatic carbocycles. The van der Waals surface area contributed by atoms with E-state index in [1.807, 2.05) is 23.1 Å². The van der Waals surface area contributed by atoms with Crippen LogP contribution < -0.4 is 14.8 Å². The van der Waals surface area contributed by atoms with Gasteiger partial charge in [-0.3, -0.25) is 4.79 Å². The molecule has 6 heteroatoms. The molecule has 0 radical (unpaired) electrons. The fourth-order valence-corrected chi connectivity index (χ4v) is 3.10. The van der Waals surface area contributed by atoms with Crippen molar-refractivity contribution >= 4 is 18.3 Å². The zero-order valence-electron chi connectivity index (χ0n) is 13.5. The molecule has 23 heavy (non-hydrogen) atoms. The number of amides is 1. The van der Waals surface area contributed by atoms with Crippen LogP contribution in [0.25, 0.3) is 0 Å². The Morgan fingerprint density at radius 3 is 2.74 bits per heavy atom. The zero-order valence-corrected chi connectivity index (χ0v) is 14.4. The Kier molecular flexibility index (Phi) is 6.54. The number of hydrogen-bond donors (Lipinski definition) is 1. The molecule has 2 heterocycles. The van der Waals surface area contributed by atoms with Crippen LogP contribution in [0.1, 0.15) is 30.1 Å². The van der Waals surface area contributed by atoms with Gasteiger partial charge in [0.2, 0.25) is 0 Å². The number of piperidine rings is 1. The van der Waals surface area contributed by atoms with E-state index in [1.54, 1.807) is 0 Å². The van der Waals surface area contributed by atoms with Gasteiger partial charge in [-0.15, -0.1) is 12.4 Å². The van der Waals surface area contributed by atoms with Crippen molar-refractivity contribution in [2.24, 2.45) is 5.92 Å². The van der Waals surface area contributed by atoms with Crippen LogP contribution >= 0.6 is 12.4 Å². The summed E-state index contributed by atoms with van der Waals surface area (Å²) in [5, 5.41) is 3.39. The van der Waals surface area contributed by atoms with E-state index < -0.39 is 0 Å². The van der Waals surface area contributed by atoms with Gasteiger partial charge in [0, 0.05) is 13.1 Å². The number of halogens is 1. The lowest BCUT2D eigenvalue weighted by Gasteiger charge is -2.33. The third kappa shape index (κ3) is 4.09. The normalized spacial score (nSPS) is 17.5. The lowest BCUT2D eigenvalue weighted by Crippen LogP contribution is -2.41. The first kappa shape index (κ1) is 17.9. The van der Waals surface area contributed by atoms with Crippen LogP contribution in [0.2, 0.25) is 0 Å². The maximum absolute atomic E-state index is 12.8. The van der Waals surface area contributed by atoms with Gasteiger partial charge in [-0.2, -0.15) is 0 Å². The molecule has 0 unspecified atom stereocenters. The summed E-state index contributed by atoms with van der Waals surface area (Å²) in [5.74, 6) is 2.02. The number of likely N-dealkylation sites (tertiary alicyclic amines) is 1. The van der Waals surface area contributed by atoms with Crippen molar-refractivity contribution in [2.75, 3.05) is 39.4 Å². The van der Waals surface area contributed by atoms with E-state index in [1.165, 1.54) is 0 Å². The maximum atomic E-state index is 12.8. The summed E-state index contributed by atoms with van der Waals surface area (Å²) in [5.41, 5.74) is 0.627. The number of rotatable bonds is 4. The molecule has 0 aromatic heterocycles. The summed E-state index contributed by atoms with van der Waals surface area (Å²) in [6.45, 7) is 6.86. The van der Waals surface area contributed by atoms with Crippen molar-refractivity contribution < 1.29 is 14.3 Å². The second-order valence-corrected chi connectivity index (χ2v) is 5.87. The number of hydrogen-bond acceptors (Lipinski definition) is 4. The van der Waals surface area contributed by atoms with Crippen LogP contribution in [0.3, 0.4) is 0 Å². The molecule has 3 rings (SSSR count). The van der Waals surface area contributed by atoms with Gasteiger partial charge in [0.1, 0.15) is 13.2 Å². The van der Waals surface area contributed by atoms with Gasteiger partial charge < -0.3 is 19.7 Å². The number of benzene rings is 1. The Hall–Kier alpha value is -1.46. The highest BCUT2D eigenvalue weighted by molar-refractivity contribution is 5.98. The molecule has 0 bridgehead atoms. The second kappa shape index (κ2) is 8.41. The predicted molar refractivity (Wildman–Crippen MR) is 91.9 cm³/mol. The number of carbonyl (C=O) groups excluding carboxylic acids is 1. The monoisotopic (exact) mass is 340 g/mol. The van der Waals surface area contributed by atoms with E-state index in [0.29, 0.717) is 36.2 Å². The van der Waals surface area contributed by atoms with Crippen LogP contribution in [-0.4, -0.2) is 50.2 Å². The van der Waals surface area contributed by atoms with Gasteiger partial charge in [0.25, 0.3) is 5.91 Å². The fourth-order valence-electron chi connectivity index (χ4n) is 3.10. The van der Waals surface area contributed by atoms with Crippen molar-refractivity contribution in [2.45, 2.75) is 19.8 Å². The Balaban J connectivity index is 0.00000192. The van der Waals surface area contributed by atoms with Crippen molar-refractivity contribution in [3.63, 3.8) is 0 Å². The molecule has 1 aromatic rings. The molecular weight excluding hydrogens is 316 g/mol. The molecule has 5 nitrogen and oxygen atoms in total. The van der Waals surface area contributed by atoms with Gasteiger partial charge in [-0.25, -0.2) is 0 Å². The van der Waals surface area contributed by atoms with Crippen molar-refractivity contribution in [3.8, 4) is 11.5 Å². The van der Waals surface area contributed by atoms with E-state index in [0.717, 1.165) is 39.0 Å². The molecule has 1 fully saturated rings. The lowest BCUT2D eigenvalue weighted by atomic mass is 9.96. The first-order chi connectivity index (χ1) is 10.8. The first-order valence-electron chi connectivity index (χ1n) is 8.18. The number of ether oxygens (including phenoxy) is 2. The minimum Gasteiger partial charge on any atom is -0.486 e. The average Bonchev–Trinajstić information content (AvgIpc) is 2.59. The molecular formula is C17H25ClN2O3. The van der Waals surface area contributed by atoms with Crippen LogP contribution in [-0.2, 0) is 0 Å². The first-order valence-corrected chi connectivity index (χ1v) is 8.18. The van der Waals surface area contributed by atoms with Gasteiger partial charge in [-0.05, 0) is 44.0 Å². The smallest absolute Gasteiger partial charge is 0.257 e. The summed E-state index contributed by atoms with van der Waals surface area (Å²) < 4.78 is 11.2. The summed E-state index contributed by atoms with van der Waals surface area (Å²) in [6.07, 6.45) is 2.12. The quantitative estimate of drug-likeness (QED) is 0.914. The zero-order chi connectivity index (χ0) is 15.4. The Morgan fingerprint density at radius 2 is 2.00 bits per heavy atom. The molecule has 128 valence electrons. The van der Waals surface area contributed by atoms with E-state index in [-0.39, 0.29) is 18.3 Å². The molecule has 2 aliphatic rings. The van der Waals surface area contributed by atoms with Crippen LogP contribution in [0.15, 0.2) is 18.2 Å². The molecule has 0 aliphatic carbocycles. The molecule has 1 N–H and O–H groups in total. The summed E-state index contributed by atoms with van der Waals surface area (Å²) in [7, 11) is 0. The molecule has 2 aliphatic heterocycles. The van der Waals surface area contributed by atoms with Gasteiger partial charge in [-0.1, -0.05) is 13.0 Å². The summed E-state index contributed by atoms with van der Waals surface area (Å²) >= 11 is 0. The van der Waals surface area contributed by atoms with Crippen molar-refractivity contribution in [1.82, 2.24) is 10.2 Å². The highest BCUT2D eigenvalue weighted by atomic mass is 35.5. The van der Waals surface area contributed by atoms with Crippen molar-refractivity contribution in [3.05, 3.63) is 23.8 Å². The van der Waals surface area contributed by atoms with E-state index in [4.69, 9.17) is 9.47 Å². The largest absolute Gasteiger partial charge is 0.486 e. The van der Waals surface area contributed by atoms with E-state index in [2.05, 4.69) is 12.2 Å². The number of fused-ring (bicyclic) bond motifs is 1. The van der Waals surface area contributed by atoms with Crippen LogP contribution in [0, 0.1) is 5.92 Å². The second-order valence-electron chi connectivity index (χ2n) is 5.87. The number of carbonyl (C=O) groups is 1. The Morgan fingerprint density at radius 1 is 1.26 bits per heavy atom. The number of para-hydroxylation sites is 1. The minimum absolute atomic E-state index is 0. The SMILES string of the molecule is CCNCC1CCN(C(=O)c2cccc3c2OCCO3)CC1.Cl. The molecule has 0 spiro atoms. The van der Waals surface area contributed by atoms with Crippen molar-refractivity contribution in [1.29, 1.82) is 0 Å². The molecule has 1 saturated heterocycles. The van der Waals surface area contributed by atoms with Crippen LogP contribution in [0.5, 0.6) is 11.5 Å². The van der Waals surface area contributed by atoms with E-state index >= 15 is 0 Å². The Bertz CT molecular complexity index is 531. The van der Waals surface area contributed by atoms with Crippen LogP contribution in [0.4, 0.5) is 0 Å². The van der Waals surface area contributed by atoms with Gasteiger partial charge in [0.15, 0.2) is 11.5 Å². The van der Waals surface area contributed by atoms with Gasteiger partial charge >= 0.3 is 0 Å². The topological polar surface area (TPSA) is 50.8 Å². The summed E-state index contributed by atoms with van der Waals surface area (Å²) in [6, 6.07) is 5.55. The third-order valence-corrected chi connectivity index (χ3v) is 4.38. The predicted octanol–water partition coefficient (Wildman–Crippen LogP) is 2.34. The van der Waals surface area contributed by atoms with E-state index in [9.17, 15) is 4.79 Å². The lowest BCUT2D eigenvalue weighted by molar-refractivity contribution is 0.0680. The highest BCUT2D eigenvalue weighted by Crippen LogP contribution is 2.34. The fraction of sp³-hybridized carbons (Fsp3) is 0.588. The van der Waals surface area contributed by atoms with Gasteiger partial charge in [0.05, 0.1) is 5.56 Å². The third-order valence-electron chi connectivity index (χ3n) is 4.38. The number of nitrogens with one attached hydrogen (secondary N) is 1. The number of nitrogens with zero attached hydrogens (tertiary/aromatic N) is 1. The summed E-state index contributed by atoms with van der Waals surface area (Å²) in [4.78, 5) is 14.7.